The maximum atomic E-state index is 9.17. The Balaban J connectivity index is 2.23. The maximum absolute atomic E-state index is 9.17. The highest BCUT2D eigenvalue weighted by Gasteiger charge is 2.04. The number of aliphatic hydroxyl groups is 1. The first kappa shape index (κ1) is 10.5. The molecule has 80 valence electrons. The van der Waals surface area contributed by atoms with Gasteiger partial charge < -0.3 is 10.1 Å². The van der Waals surface area contributed by atoms with Gasteiger partial charge in [0.2, 0.25) is 0 Å². The summed E-state index contributed by atoms with van der Waals surface area (Å²) < 4.78 is 0. The zero-order valence-corrected chi connectivity index (χ0v) is 9.64. The van der Waals surface area contributed by atoms with E-state index in [2.05, 4.69) is 23.0 Å². The summed E-state index contributed by atoms with van der Waals surface area (Å²) in [5.41, 5.74) is 3.26. The van der Waals surface area contributed by atoms with Gasteiger partial charge >= 0.3 is 0 Å². The number of benzene rings is 1. The molecular weight excluding hydrogens is 208 g/mol. The second-order valence-corrected chi connectivity index (χ2v) is 4.73. The number of H-pyrrole nitrogens is 1. The van der Waals surface area contributed by atoms with Crippen LogP contribution in [0.4, 0.5) is 0 Å². The van der Waals surface area contributed by atoms with Gasteiger partial charge in [0, 0.05) is 5.75 Å². The number of hydrogen-bond acceptors (Lipinski definition) is 3. The molecular formula is C11H14N2OS. The molecule has 0 bridgehead atoms. The molecule has 3 nitrogen and oxygen atoms in total. The van der Waals surface area contributed by atoms with Crippen LogP contribution in [0.3, 0.4) is 0 Å². The van der Waals surface area contributed by atoms with Gasteiger partial charge in [-0.15, -0.1) is 0 Å². The fourth-order valence-electron chi connectivity index (χ4n) is 1.37. The topological polar surface area (TPSA) is 48.9 Å². The van der Waals surface area contributed by atoms with Crippen LogP contribution in [0.5, 0.6) is 0 Å². The first-order valence-corrected chi connectivity index (χ1v) is 5.91. The van der Waals surface area contributed by atoms with Gasteiger partial charge in [-0.1, -0.05) is 17.8 Å². The number of aliphatic hydroxyl groups excluding tert-OH is 1. The quantitative estimate of drug-likeness (QED) is 0.784. The average molecular weight is 222 g/mol. The van der Waals surface area contributed by atoms with Crippen molar-refractivity contribution in [2.24, 2.45) is 0 Å². The molecule has 0 unspecified atom stereocenters. The molecule has 0 spiro atoms. The molecule has 0 aliphatic carbocycles. The molecule has 1 aromatic heterocycles. The van der Waals surface area contributed by atoms with Crippen molar-refractivity contribution < 1.29 is 5.11 Å². The Morgan fingerprint density at radius 1 is 1.53 bits per heavy atom. The van der Waals surface area contributed by atoms with Gasteiger partial charge in [-0.3, -0.25) is 0 Å². The lowest BCUT2D eigenvalue weighted by atomic mass is 10.2. The van der Waals surface area contributed by atoms with E-state index in [9.17, 15) is 5.11 Å². The molecule has 2 rings (SSSR count). The van der Waals surface area contributed by atoms with E-state index in [1.165, 1.54) is 5.56 Å². The van der Waals surface area contributed by atoms with Crippen molar-refractivity contribution in [2.75, 3.05) is 5.75 Å². The molecule has 1 atom stereocenters. The van der Waals surface area contributed by atoms with Crippen molar-refractivity contribution in [1.82, 2.24) is 9.97 Å². The van der Waals surface area contributed by atoms with Gasteiger partial charge in [-0.25, -0.2) is 4.98 Å². The van der Waals surface area contributed by atoms with Gasteiger partial charge in [0.25, 0.3) is 0 Å². The summed E-state index contributed by atoms with van der Waals surface area (Å²) in [6, 6.07) is 6.13. The molecule has 1 aromatic carbocycles. The van der Waals surface area contributed by atoms with E-state index in [0.29, 0.717) is 5.75 Å². The van der Waals surface area contributed by atoms with Crippen LogP contribution >= 0.6 is 11.8 Å². The second kappa shape index (κ2) is 4.24. The van der Waals surface area contributed by atoms with Crippen LogP contribution in [0.15, 0.2) is 23.4 Å². The van der Waals surface area contributed by atoms with Crippen molar-refractivity contribution >= 4 is 22.8 Å². The summed E-state index contributed by atoms with van der Waals surface area (Å²) in [4.78, 5) is 7.65. The monoisotopic (exact) mass is 222 g/mol. The first-order chi connectivity index (χ1) is 7.15. The summed E-state index contributed by atoms with van der Waals surface area (Å²) in [5, 5.41) is 10.0. The highest BCUT2D eigenvalue weighted by atomic mass is 32.2. The minimum atomic E-state index is -0.301. The van der Waals surface area contributed by atoms with E-state index in [-0.39, 0.29) is 6.10 Å². The summed E-state index contributed by atoms with van der Waals surface area (Å²) in [6.07, 6.45) is -0.301. The van der Waals surface area contributed by atoms with E-state index >= 15 is 0 Å². The van der Waals surface area contributed by atoms with E-state index < -0.39 is 0 Å². The molecule has 15 heavy (non-hydrogen) atoms. The Hall–Kier alpha value is -1.00. The summed E-state index contributed by atoms with van der Waals surface area (Å²) >= 11 is 1.54. The van der Waals surface area contributed by atoms with Crippen LogP contribution in [-0.4, -0.2) is 26.9 Å². The zero-order valence-electron chi connectivity index (χ0n) is 8.82. The third-order valence-electron chi connectivity index (χ3n) is 2.08. The average Bonchev–Trinajstić information content (AvgIpc) is 2.56. The number of aromatic amines is 1. The molecule has 0 radical (unpaired) electrons. The molecule has 0 fully saturated rings. The fraction of sp³-hybridized carbons (Fsp3) is 0.364. The third-order valence-corrected chi connectivity index (χ3v) is 3.19. The minimum Gasteiger partial charge on any atom is -0.393 e. The molecule has 0 saturated heterocycles. The lowest BCUT2D eigenvalue weighted by Gasteiger charge is -1.99. The van der Waals surface area contributed by atoms with Gasteiger partial charge in [-0.05, 0) is 31.5 Å². The number of nitrogens with one attached hydrogen (secondary N) is 1. The van der Waals surface area contributed by atoms with E-state index in [1.807, 2.05) is 12.1 Å². The summed E-state index contributed by atoms with van der Waals surface area (Å²) in [7, 11) is 0. The number of aryl methyl sites for hydroxylation is 1. The predicted octanol–water partition coefficient (Wildman–Crippen LogP) is 2.34. The molecule has 1 heterocycles. The molecule has 2 aromatic rings. The Morgan fingerprint density at radius 2 is 2.33 bits per heavy atom. The summed E-state index contributed by atoms with van der Waals surface area (Å²) in [6.45, 7) is 3.84. The number of rotatable bonds is 3. The van der Waals surface area contributed by atoms with E-state index in [0.717, 1.165) is 16.2 Å². The first-order valence-electron chi connectivity index (χ1n) is 4.92. The van der Waals surface area contributed by atoms with Crippen LogP contribution in [0.1, 0.15) is 12.5 Å². The smallest absolute Gasteiger partial charge is 0.166 e. The Bertz CT molecular complexity index is 465. The number of aromatic nitrogens is 2. The predicted molar refractivity (Wildman–Crippen MR) is 63.2 cm³/mol. The number of fused-ring (bicyclic) bond motifs is 1. The van der Waals surface area contributed by atoms with Crippen molar-refractivity contribution in [2.45, 2.75) is 25.1 Å². The standard InChI is InChI=1S/C11H14N2OS/c1-7-3-4-9-10(5-7)13-11(12-9)15-6-8(2)14/h3-5,8,14H,6H2,1-2H3,(H,12,13)/t8-/m0/s1. The van der Waals surface area contributed by atoms with Crippen molar-refractivity contribution in [3.05, 3.63) is 23.8 Å². The third kappa shape index (κ3) is 2.52. The zero-order chi connectivity index (χ0) is 10.8. The molecule has 0 amide bonds. The molecule has 0 aliphatic heterocycles. The van der Waals surface area contributed by atoms with E-state index in [1.54, 1.807) is 18.7 Å². The maximum Gasteiger partial charge on any atom is 0.166 e. The normalized spacial score (nSPS) is 13.3. The fourth-order valence-corrected chi connectivity index (χ4v) is 2.11. The largest absolute Gasteiger partial charge is 0.393 e. The molecule has 2 N–H and O–H groups in total. The highest BCUT2D eigenvalue weighted by molar-refractivity contribution is 7.99. The molecule has 4 heteroatoms. The Labute approximate surface area is 92.9 Å². The van der Waals surface area contributed by atoms with Gasteiger partial charge in [0.15, 0.2) is 5.16 Å². The summed E-state index contributed by atoms with van der Waals surface area (Å²) in [5.74, 6) is 0.665. The van der Waals surface area contributed by atoms with Gasteiger partial charge in [0.05, 0.1) is 17.1 Å². The number of hydrogen-bond donors (Lipinski definition) is 2. The van der Waals surface area contributed by atoms with Crippen molar-refractivity contribution in [1.29, 1.82) is 0 Å². The van der Waals surface area contributed by atoms with Gasteiger partial charge in [-0.2, -0.15) is 0 Å². The lowest BCUT2D eigenvalue weighted by Crippen LogP contribution is -2.02. The van der Waals surface area contributed by atoms with Crippen LogP contribution in [-0.2, 0) is 0 Å². The lowest BCUT2D eigenvalue weighted by molar-refractivity contribution is 0.220. The van der Waals surface area contributed by atoms with Crippen LogP contribution in [0, 0.1) is 6.92 Å². The Kier molecular flexibility index (Phi) is 2.98. The minimum absolute atomic E-state index is 0.301. The van der Waals surface area contributed by atoms with Crippen LogP contribution in [0.25, 0.3) is 11.0 Å². The van der Waals surface area contributed by atoms with Crippen molar-refractivity contribution in [3.63, 3.8) is 0 Å². The Morgan fingerprint density at radius 3 is 3.07 bits per heavy atom. The highest BCUT2D eigenvalue weighted by Crippen LogP contribution is 2.20. The molecule has 0 saturated carbocycles. The molecule has 0 aliphatic rings. The van der Waals surface area contributed by atoms with Crippen LogP contribution in [0.2, 0.25) is 0 Å². The van der Waals surface area contributed by atoms with Crippen molar-refractivity contribution in [3.8, 4) is 0 Å². The van der Waals surface area contributed by atoms with Gasteiger partial charge in [0.1, 0.15) is 0 Å². The number of nitrogens with zero attached hydrogens (tertiary/aromatic N) is 1. The van der Waals surface area contributed by atoms with Crippen LogP contribution < -0.4 is 0 Å². The second-order valence-electron chi connectivity index (χ2n) is 3.72. The van der Waals surface area contributed by atoms with E-state index in [4.69, 9.17) is 0 Å². The SMILES string of the molecule is Cc1ccc2nc(SC[C@H](C)O)[nH]c2c1. The number of imidazole rings is 1. The number of thioether (sulfide) groups is 1.